The third-order valence-electron chi connectivity index (χ3n) is 3.87. The first kappa shape index (κ1) is 13.5. The van der Waals surface area contributed by atoms with Crippen molar-refractivity contribution < 1.29 is 14.3 Å². The maximum atomic E-state index is 13.3. The third kappa shape index (κ3) is 2.29. The van der Waals surface area contributed by atoms with Crippen LogP contribution in [0.4, 0.5) is 4.39 Å². The van der Waals surface area contributed by atoms with Crippen LogP contribution in [0.5, 0.6) is 0 Å². The second-order valence-electron chi connectivity index (χ2n) is 5.14. The first-order valence-corrected chi connectivity index (χ1v) is 6.95. The summed E-state index contributed by atoms with van der Waals surface area (Å²) >= 11 is 4.41. The molecule has 0 spiro atoms. The molecule has 1 aromatic heterocycles. The molecule has 1 aliphatic rings. The van der Waals surface area contributed by atoms with Crippen molar-refractivity contribution in [3.05, 3.63) is 35.3 Å². The van der Waals surface area contributed by atoms with Gasteiger partial charge in [0.05, 0.1) is 0 Å². The highest BCUT2D eigenvalue weighted by Gasteiger charge is 2.26. The molecule has 1 unspecified atom stereocenters. The average molecular weight is 294 g/mol. The van der Waals surface area contributed by atoms with Crippen molar-refractivity contribution >= 4 is 29.7 Å². The van der Waals surface area contributed by atoms with E-state index in [2.05, 4.69) is 17.8 Å². The van der Waals surface area contributed by atoms with Crippen molar-refractivity contribution in [1.82, 2.24) is 9.29 Å². The number of fused-ring (bicyclic) bond motifs is 1. The molecule has 1 aromatic carbocycles. The molecule has 0 saturated carbocycles. The van der Waals surface area contributed by atoms with E-state index in [-0.39, 0.29) is 17.6 Å². The molecule has 1 atom stereocenters. The lowest BCUT2D eigenvalue weighted by Gasteiger charge is -2.18. The van der Waals surface area contributed by atoms with E-state index in [1.165, 1.54) is 12.1 Å². The van der Waals surface area contributed by atoms with Crippen molar-refractivity contribution in [1.29, 1.82) is 0 Å². The highest BCUT2D eigenvalue weighted by atomic mass is 32.1. The van der Waals surface area contributed by atoms with Crippen molar-refractivity contribution in [2.45, 2.75) is 25.3 Å². The van der Waals surface area contributed by atoms with Crippen LogP contribution in [0.25, 0.3) is 10.9 Å². The van der Waals surface area contributed by atoms with Crippen LogP contribution in [0.15, 0.2) is 18.2 Å². The summed E-state index contributed by atoms with van der Waals surface area (Å²) in [6.07, 6.45) is 2.67. The number of carbonyl (C=O) groups is 1. The molecule has 1 fully saturated rings. The summed E-state index contributed by atoms with van der Waals surface area (Å²) in [5.74, 6) is -1.39. The number of aromatic nitrogens is 1. The number of carboxylic acid groups (broad SMARTS) is 1. The number of aromatic carboxylic acids is 1. The molecule has 0 amide bonds. The number of thiol groups is 1. The Morgan fingerprint density at radius 2 is 2.35 bits per heavy atom. The Morgan fingerprint density at radius 1 is 1.55 bits per heavy atom. The predicted molar refractivity (Wildman–Crippen MR) is 77.6 cm³/mol. The third-order valence-corrected chi connectivity index (χ3v) is 4.39. The average Bonchev–Trinajstić information content (AvgIpc) is 2.95. The molecule has 2 heterocycles. The van der Waals surface area contributed by atoms with E-state index in [4.69, 9.17) is 0 Å². The SMILES string of the molecule is O=C(O)c1[nH]c2cc(F)ccc2c1CC1CCCN1S. The Hall–Kier alpha value is -1.53. The van der Waals surface area contributed by atoms with Gasteiger partial charge in [-0.2, -0.15) is 0 Å². The molecule has 4 nitrogen and oxygen atoms in total. The summed E-state index contributed by atoms with van der Waals surface area (Å²) in [5.41, 5.74) is 1.42. The number of H-pyrrole nitrogens is 1. The Morgan fingerprint density at radius 3 is 3.00 bits per heavy atom. The van der Waals surface area contributed by atoms with E-state index in [0.29, 0.717) is 11.9 Å². The normalized spacial score (nSPS) is 19.8. The van der Waals surface area contributed by atoms with E-state index >= 15 is 0 Å². The zero-order valence-corrected chi connectivity index (χ0v) is 11.7. The van der Waals surface area contributed by atoms with Crippen molar-refractivity contribution in [2.24, 2.45) is 0 Å². The first-order chi connectivity index (χ1) is 9.56. The van der Waals surface area contributed by atoms with Gasteiger partial charge in [-0.25, -0.2) is 13.5 Å². The summed E-state index contributed by atoms with van der Waals surface area (Å²) in [6, 6.07) is 4.55. The highest BCUT2D eigenvalue weighted by Crippen LogP contribution is 2.29. The maximum absolute atomic E-state index is 13.3. The minimum Gasteiger partial charge on any atom is -0.477 e. The van der Waals surface area contributed by atoms with Crippen molar-refractivity contribution in [3.8, 4) is 0 Å². The van der Waals surface area contributed by atoms with E-state index in [0.717, 1.165) is 30.3 Å². The number of hydrogen-bond donors (Lipinski definition) is 3. The van der Waals surface area contributed by atoms with Crippen LogP contribution in [0, 0.1) is 5.82 Å². The number of benzene rings is 1. The molecule has 1 aliphatic heterocycles. The fourth-order valence-electron chi connectivity index (χ4n) is 2.89. The van der Waals surface area contributed by atoms with E-state index in [1.54, 1.807) is 6.07 Å². The minimum atomic E-state index is -1.01. The summed E-state index contributed by atoms with van der Waals surface area (Å²) in [6.45, 7) is 0.910. The van der Waals surface area contributed by atoms with Gasteiger partial charge >= 0.3 is 5.97 Å². The van der Waals surface area contributed by atoms with E-state index in [1.807, 2.05) is 4.31 Å². The Labute approximate surface area is 121 Å². The molecule has 3 rings (SSSR count). The standard InChI is InChI=1S/C14H15FN2O2S/c15-8-3-4-10-11(7-9-2-1-5-17(9)20)13(14(18)19)16-12(10)6-8/h3-4,6,9,16,20H,1-2,5,7H2,(H,18,19). The Bertz CT molecular complexity index is 670. The number of aromatic amines is 1. The fraction of sp³-hybridized carbons (Fsp3) is 0.357. The van der Waals surface area contributed by atoms with Crippen LogP contribution in [-0.2, 0) is 6.42 Å². The van der Waals surface area contributed by atoms with Crippen LogP contribution < -0.4 is 0 Å². The molecule has 0 bridgehead atoms. The molecule has 0 aliphatic carbocycles. The number of rotatable bonds is 3. The Kier molecular flexibility index (Phi) is 3.43. The lowest BCUT2D eigenvalue weighted by molar-refractivity contribution is 0.0690. The largest absolute Gasteiger partial charge is 0.477 e. The molecule has 0 radical (unpaired) electrons. The molecule has 6 heteroatoms. The fourth-order valence-corrected chi connectivity index (χ4v) is 3.22. The molecule has 2 N–H and O–H groups in total. The first-order valence-electron chi connectivity index (χ1n) is 6.55. The number of nitrogens with one attached hydrogen (secondary N) is 1. The second kappa shape index (κ2) is 5.10. The Balaban J connectivity index is 2.06. The van der Waals surface area contributed by atoms with E-state index in [9.17, 15) is 14.3 Å². The van der Waals surface area contributed by atoms with Crippen LogP contribution in [-0.4, -0.2) is 33.0 Å². The number of hydrogen-bond acceptors (Lipinski definition) is 3. The lowest BCUT2D eigenvalue weighted by Crippen LogP contribution is -2.23. The minimum absolute atomic E-state index is 0.152. The van der Waals surface area contributed by atoms with Gasteiger partial charge in [-0.15, -0.1) is 0 Å². The van der Waals surface area contributed by atoms with Crippen LogP contribution in [0.1, 0.15) is 28.9 Å². The van der Waals surface area contributed by atoms with Gasteiger partial charge in [0.25, 0.3) is 0 Å². The molecule has 106 valence electrons. The summed E-state index contributed by atoms with van der Waals surface area (Å²) < 4.78 is 15.2. The molecule has 20 heavy (non-hydrogen) atoms. The molecular weight excluding hydrogens is 279 g/mol. The van der Waals surface area contributed by atoms with E-state index < -0.39 is 5.97 Å². The lowest BCUT2D eigenvalue weighted by atomic mass is 10.0. The van der Waals surface area contributed by atoms with Gasteiger partial charge < -0.3 is 10.1 Å². The summed E-state index contributed by atoms with van der Waals surface area (Å²) in [7, 11) is 0. The summed E-state index contributed by atoms with van der Waals surface area (Å²) in [5, 5.41) is 10.1. The van der Waals surface area contributed by atoms with Crippen molar-refractivity contribution in [2.75, 3.05) is 6.54 Å². The number of halogens is 1. The maximum Gasteiger partial charge on any atom is 0.352 e. The number of nitrogens with zero attached hydrogens (tertiary/aromatic N) is 1. The van der Waals surface area contributed by atoms with Gasteiger partial charge in [-0.3, -0.25) is 0 Å². The number of carboxylic acids is 1. The zero-order valence-electron chi connectivity index (χ0n) is 10.8. The molecular formula is C14H15FN2O2S. The van der Waals surface area contributed by atoms with Crippen molar-refractivity contribution in [3.63, 3.8) is 0 Å². The zero-order chi connectivity index (χ0) is 14.3. The van der Waals surface area contributed by atoms with Crippen LogP contribution >= 0.6 is 12.8 Å². The van der Waals surface area contributed by atoms with Crippen LogP contribution in [0.2, 0.25) is 0 Å². The summed E-state index contributed by atoms with van der Waals surface area (Å²) in [4.78, 5) is 14.2. The monoisotopic (exact) mass is 294 g/mol. The van der Waals surface area contributed by atoms with Gasteiger partial charge in [-0.05, 0) is 43.0 Å². The van der Waals surface area contributed by atoms with Crippen LogP contribution in [0.3, 0.4) is 0 Å². The second-order valence-corrected chi connectivity index (χ2v) is 5.65. The predicted octanol–water partition coefficient (Wildman–Crippen LogP) is 2.86. The topological polar surface area (TPSA) is 56.3 Å². The molecule has 2 aromatic rings. The highest BCUT2D eigenvalue weighted by molar-refractivity contribution is 7.77. The molecule has 1 saturated heterocycles. The van der Waals surface area contributed by atoms with Gasteiger partial charge in [0.15, 0.2) is 0 Å². The van der Waals surface area contributed by atoms with Gasteiger partial charge in [-0.1, -0.05) is 12.8 Å². The van der Waals surface area contributed by atoms with Gasteiger partial charge in [0, 0.05) is 23.5 Å². The quantitative estimate of drug-likeness (QED) is 0.763. The van der Waals surface area contributed by atoms with Gasteiger partial charge in [0.2, 0.25) is 0 Å². The van der Waals surface area contributed by atoms with Gasteiger partial charge in [0.1, 0.15) is 11.5 Å². The smallest absolute Gasteiger partial charge is 0.352 e.